The fraction of sp³-hybridized carbons (Fsp3) is 0.870. The van der Waals surface area contributed by atoms with Crippen molar-refractivity contribution in [2.45, 2.75) is 290 Å². The van der Waals surface area contributed by atoms with Crippen LogP contribution in [0.1, 0.15) is 284 Å². The zero-order valence-electron chi connectivity index (χ0n) is 40.2. The van der Waals surface area contributed by atoms with E-state index in [4.69, 9.17) is 14.2 Å². The van der Waals surface area contributed by atoms with E-state index >= 15 is 0 Å². The highest BCUT2D eigenvalue weighted by molar-refractivity contribution is 5.71. The highest BCUT2D eigenvalue weighted by Gasteiger charge is 2.19. The highest BCUT2D eigenvalue weighted by atomic mass is 16.6. The van der Waals surface area contributed by atoms with Crippen LogP contribution in [0.15, 0.2) is 24.3 Å². The number of unbranched alkanes of at least 4 members (excludes halogenated alkanes) is 33. The first kappa shape index (κ1) is 57.9. The monoisotopic (exact) mass is 845 g/mol. The molecule has 0 fully saturated rings. The van der Waals surface area contributed by atoms with Gasteiger partial charge >= 0.3 is 17.9 Å². The molecule has 0 spiro atoms. The van der Waals surface area contributed by atoms with E-state index in [9.17, 15) is 14.4 Å². The summed E-state index contributed by atoms with van der Waals surface area (Å²) in [5, 5.41) is 0. The van der Waals surface area contributed by atoms with Gasteiger partial charge in [0.2, 0.25) is 0 Å². The molecule has 0 heterocycles. The molecule has 0 aromatic heterocycles. The molecule has 0 saturated heterocycles. The Morgan fingerprint density at radius 1 is 0.333 bits per heavy atom. The van der Waals surface area contributed by atoms with E-state index in [1.807, 2.05) is 0 Å². The van der Waals surface area contributed by atoms with E-state index < -0.39 is 6.10 Å². The Labute approximate surface area is 373 Å². The molecule has 60 heavy (non-hydrogen) atoms. The lowest BCUT2D eigenvalue weighted by Crippen LogP contribution is -2.30. The van der Waals surface area contributed by atoms with Crippen LogP contribution in [0.2, 0.25) is 0 Å². The zero-order valence-corrected chi connectivity index (χ0v) is 40.2. The molecule has 0 N–H and O–H groups in total. The van der Waals surface area contributed by atoms with Crippen LogP contribution in [0, 0.1) is 0 Å². The maximum Gasteiger partial charge on any atom is 0.306 e. The number of hydrogen-bond donors (Lipinski definition) is 0. The molecule has 0 rings (SSSR count). The molecule has 0 unspecified atom stereocenters. The van der Waals surface area contributed by atoms with Crippen LogP contribution in [0.4, 0.5) is 0 Å². The molecule has 0 bridgehead atoms. The van der Waals surface area contributed by atoms with Gasteiger partial charge in [-0.05, 0) is 44.9 Å². The number of carbonyl (C=O) groups is 3. The van der Waals surface area contributed by atoms with E-state index in [-0.39, 0.29) is 31.1 Å². The normalized spacial score (nSPS) is 12.1. The summed E-state index contributed by atoms with van der Waals surface area (Å²) in [6.07, 6.45) is 55.8. The van der Waals surface area contributed by atoms with Crippen molar-refractivity contribution in [3.63, 3.8) is 0 Å². The second-order valence-electron chi connectivity index (χ2n) is 17.8. The van der Waals surface area contributed by atoms with Crippen molar-refractivity contribution in [1.82, 2.24) is 0 Å². The molecule has 0 aromatic carbocycles. The van der Waals surface area contributed by atoms with Crippen LogP contribution in [0.25, 0.3) is 0 Å². The molecule has 1 atom stereocenters. The van der Waals surface area contributed by atoms with Gasteiger partial charge in [0.25, 0.3) is 0 Å². The van der Waals surface area contributed by atoms with Crippen LogP contribution in [-0.2, 0) is 28.6 Å². The second kappa shape index (κ2) is 49.5. The minimum atomic E-state index is -0.772. The Bertz CT molecular complexity index is 973. The number of hydrogen-bond acceptors (Lipinski definition) is 6. The molecule has 6 nitrogen and oxygen atoms in total. The van der Waals surface area contributed by atoms with Gasteiger partial charge in [-0.1, -0.05) is 244 Å². The Balaban J connectivity index is 4.34. The topological polar surface area (TPSA) is 78.9 Å². The zero-order chi connectivity index (χ0) is 43.7. The Morgan fingerprint density at radius 2 is 0.617 bits per heavy atom. The van der Waals surface area contributed by atoms with Crippen molar-refractivity contribution in [1.29, 1.82) is 0 Å². The Kier molecular flexibility index (Phi) is 47.8. The number of carbonyl (C=O) groups excluding carboxylic acids is 3. The van der Waals surface area contributed by atoms with Crippen LogP contribution in [0.5, 0.6) is 0 Å². The molecule has 0 radical (unpaired) electrons. The van der Waals surface area contributed by atoms with Gasteiger partial charge in [-0.25, -0.2) is 0 Å². The van der Waals surface area contributed by atoms with E-state index in [1.54, 1.807) is 0 Å². The predicted octanol–water partition coefficient (Wildman–Crippen LogP) is 17.2. The maximum absolute atomic E-state index is 12.8. The third-order valence-corrected chi connectivity index (χ3v) is 11.7. The van der Waals surface area contributed by atoms with Crippen molar-refractivity contribution in [3.8, 4) is 0 Å². The fourth-order valence-corrected chi connectivity index (χ4v) is 7.70. The summed E-state index contributed by atoms with van der Waals surface area (Å²) in [5.41, 5.74) is 0. The largest absolute Gasteiger partial charge is 0.462 e. The summed E-state index contributed by atoms with van der Waals surface area (Å²) in [7, 11) is 0. The van der Waals surface area contributed by atoms with Gasteiger partial charge in [-0.3, -0.25) is 14.4 Å². The third kappa shape index (κ3) is 46.9. The molecule has 0 aliphatic heterocycles. The van der Waals surface area contributed by atoms with Crippen molar-refractivity contribution < 1.29 is 28.6 Å². The first-order valence-electron chi connectivity index (χ1n) is 26.3. The van der Waals surface area contributed by atoms with Crippen LogP contribution >= 0.6 is 0 Å². The lowest BCUT2D eigenvalue weighted by atomic mass is 10.0. The van der Waals surface area contributed by atoms with E-state index in [0.29, 0.717) is 19.3 Å². The predicted molar refractivity (Wildman–Crippen MR) is 256 cm³/mol. The molecule has 0 saturated carbocycles. The number of ether oxygens (including phenoxy) is 3. The molecule has 0 amide bonds. The molecule has 0 aliphatic rings. The van der Waals surface area contributed by atoms with Gasteiger partial charge in [-0.15, -0.1) is 0 Å². The Hall–Kier alpha value is -2.11. The lowest BCUT2D eigenvalue weighted by molar-refractivity contribution is -0.167. The first-order chi connectivity index (χ1) is 29.5. The summed E-state index contributed by atoms with van der Waals surface area (Å²) in [4.78, 5) is 37.9. The standard InChI is InChI=1S/C54H100O6/c1-4-7-10-13-16-19-22-25-27-28-30-32-35-38-41-44-47-53(56)59-50-51(49-58-52(55)46-43-40-37-34-31-24-21-18-15-12-9-6-3)60-54(57)48-45-42-39-36-33-29-26-23-20-17-14-11-8-5-2/h14,17,23,26,51H,4-13,15-16,18-22,24-25,27-50H2,1-3H3/b17-14-,26-23-/t51-/m1/s1. The van der Waals surface area contributed by atoms with Crippen molar-refractivity contribution in [2.24, 2.45) is 0 Å². The second-order valence-corrected chi connectivity index (χ2v) is 17.8. The molecule has 6 heteroatoms. The van der Waals surface area contributed by atoms with E-state index in [2.05, 4.69) is 45.1 Å². The van der Waals surface area contributed by atoms with Gasteiger partial charge in [0.05, 0.1) is 0 Å². The van der Waals surface area contributed by atoms with Gasteiger partial charge in [-0.2, -0.15) is 0 Å². The summed E-state index contributed by atoms with van der Waals surface area (Å²) >= 11 is 0. The van der Waals surface area contributed by atoms with Gasteiger partial charge < -0.3 is 14.2 Å². The first-order valence-corrected chi connectivity index (χ1v) is 26.3. The number of rotatable bonds is 48. The number of allylic oxidation sites excluding steroid dienone is 4. The molecular formula is C54H100O6. The van der Waals surface area contributed by atoms with Crippen LogP contribution in [0.3, 0.4) is 0 Å². The minimum Gasteiger partial charge on any atom is -0.462 e. The summed E-state index contributed by atoms with van der Waals surface area (Å²) in [6, 6.07) is 0. The minimum absolute atomic E-state index is 0.0721. The molecular weight excluding hydrogens is 745 g/mol. The Morgan fingerprint density at radius 3 is 0.967 bits per heavy atom. The average molecular weight is 845 g/mol. The fourth-order valence-electron chi connectivity index (χ4n) is 7.70. The maximum atomic E-state index is 12.8. The summed E-state index contributed by atoms with van der Waals surface area (Å²) in [5.74, 6) is -0.871. The molecule has 0 aromatic rings. The summed E-state index contributed by atoms with van der Waals surface area (Å²) in [6.45, 7) is 6.61. The van der Waals surface area contributed by atoms with Gasteiger partial charge in [0.1, 0.15) is 13.2 Å². The number of esters is 3. The lowest BCUT2D eigenvalue weighted by Gasteiger charge is -2.18. The van der Waals surface area contributed by atoms with Crippen molar-refractivity contribution in [2.75, 3.05) is 13.2 Å². The molecule has 0 aliphatic carbocycles. The average Bonchev–Trinajstić information content (AvgIpc) is 3.24. The quantitative estimate of drug-likeness (QED) is 0.0263. The van der Waals surface area contributed by atoms with Gasteiger partial charge in [0, 0.05) is 19.3 Å². The summed E-state index contributed by atoms with van der Waals surface area (Å²) < 4.78 is 16.8. The van der Waals surface area contributed by atoms with Crippen LogP contribution < -0.4 is 0 Å². The van der Waals surface area contributed by atoms with Crippen molar-refractivity contribution >= 4 is 17.9 Å². The highest BCUT2D eigenvalue weighted by Crippen LogP contribution is 2.16. The SMILES string of the molecule is CCCC/C=C\C/C=C\CCCCCCCC(=O)O[C@H](COC(=O)CCCCCCCCCCCCCC)COC(=O)CCCCCCCCCCCCCCCCCC. The third-order valence-electron chi connectivity index (χ3n) is 11.7. The van der Waals surface area contributed by atoms with Crippen molar-refractivity contribution in [3.05, 3.63) is 24.3 Å². The van der Waals surface area contributed by atoms with Crippen LogP contribution in [-0.4, -0.2) is 37.2 Å². The van der Waals surface area contributed by atoms with Gasteiger partial charge in [0.15, 0.2) is 6.10 Å². The van der Waals surface area contributed by atoms with E-state index in [1.165, 1.54) is 161 Å². The smallest absolute Gasteiger partial charge is 0.306 e. The van der Waals surface area contributed by atoms with E-state index in [0.717, 1.165) is 83.5 Å². The molecule has 352 valence electrons.